The molecule has 106 heavy (non-hydrogen) atoms. The van der Waals surface area contributed by atoms with Gasteiger partial charge in [0.2, 0.25) is 23.3 Å². The van der Waals surface area contributed by atoms with Crippen LogP contribution in [0.2, 0.25) is 0 Å². The SMILES string of the molecule is CCc1c(-c2nc(-c3cc(F)ccc3F)no2)nnn1-c1ccccc1F.CCc1c(-c2nc(-c3ccccc3)no2)nnn1-c1ccccc1F.CCc1c(-c2nc(-c3ccccc3F)no2)nnn1-c1ccccc1F.COCc1c(-c2nc(-c3ccc(F)cc3F)no2)nnn1-c1ccccc1F. The highest BCUT2D eigenvalue weighted by atomic mass is 19.2. The largest absolute Gasteiger partial charge is 0.378 e. The summed E-state index contributed by atoms with van der Waals surface area (Å²) in [5.41, 5.74) is 5.31. The van der Waals surface area contributed by atoms with Crippen LogP contribution >= 0.6 is 0 Å². The van der Waals surface area contributed by atoms with Crippen molar-refractivity contribution in [2.45, 2.75) is 46.6 Å². The second-order valence-corrected chi connectivity index (χ2v) is 22.3. The normalized spacial score (nSPS) is 11.1. The van der Waals surface area contributed by atoms with Crippen molar-refractivity contribution in [3.63, 3.8) is 0 Å². The number of aromatic nitrogens is 20. The zero-order valence-corrected chi connectivity index (χ0v) is 55.6. The smallest absolute Gasteiger partial charge is 0.280 e. The number of hydrogen-bond donors (Lipinski definition) is 0. The van der Waals surface area contributed by atoms with E-state index < -0.39 is 46.5 Å². The minimum atomic E-state index is -0.834. The number of para-hydroxylation sites is 4. The van der Waals surface area contributed by atoms with Crippen LogP contribution in [-0.2, 0) is 30.6 Å². The van der Waals surface area contributed by atoms with Gasteiger partial charge in [-0.05, 0) is 110 Å². The van der Waals surface area contributed by atoms with Crippen LogP contribution < -0.4 is 0 Å². The molecule has 0 aliphatic heterocycles. The first kappa shape index (κ1) is 70.6. The van der Waals surface area contributed by atoms with E-state index >= 15 is 0 Å². The molecule has 0 N–H and O–H groups in total. The number of ether oxygens (including phenoxy) is 1. The first-order valence-corrected chi connectivity index (χ1v) is 32.0. The summed E-state index contributed by atoms with van der Waals surface area (Å²) in [6, 6.07) is 46.4. The minimum Gasteiger partial charge on any atom is -0.378 e. The molecule has 0 amide bonds. The van der Waals surface area contributed by atoms with Crippen LogP contribution in [0.1, 0.15) is 43.5 Å². The number of benzene rings is 8. The Kier molecular flexibility index (Phi) is 21.1. The Bertz CT molecular complexity index is 5730. The van der Waals surface area contributed by atoms with E-state index in [0.29, 0.717) is 64.9 Å². The highest BCUT2D eigenvalue weighted by Crippen LogP contribution is 2.33. The van der Waals surface area contributed by atoms with Crippen LogP contribution in [0.25, 0.3) is 115 Å². The van der Waals surface area contributed by atoms with Crippen LogP contribution in [0.15, 0.2) is 206 Å². The van der Waals surface area contributed by atoms with Crippen molar-refractivity contribution in [1.29, 1.82) is 0 Å². The molecule has 16 aromatic rings. The van der Waals surface area contributed by atoms with E-state index in [2.05, 4.69) is 81.8 Å². The quantitative estimate of drug-likeness (QED) is 0.0765. The molecule has 0 aliphatic rings. The van der Waals surface area contributed by atoms with Gasteiger partial charge in [-0.1, -0.05) is 153 Å². The van der Waals surface area contributed by atoms with E-state index in [1.807, 2.05) is 51.1 Å². The molecule has 532 valence electrons. The van der Waals surface area contributed by atoms with Gasteiger partial charge in [0.15, 0.2) is 22.8 Å². The van der Waals surface area contributed by atoms with Gasteiger partial charge in [0.1, 0.15) is 80.8 Å². The molecule has 0 unspecified atom stereocenters. The Morgan fingerprint density at radius 3 is 1.03 bits per heavy atom. The molecule has 0 bridgehead atoms. The summed E-state index contributed by atoms with van der Waals surface area (Å²) in [5.74, 6) is -4.42. The zero-order chi connectivity index (χ0) is 74.0. The third-order valence-electron chi connectivity index (χ3n) is 15.7. The Morgan fingerprint density at radius 2 is 0.632 bits per heavy atom. The van der Waals surface area contributed by atoms with Crippen molar-refractivity contribution in [1.82, 2.24) is 101 Å². The summed E-state index contributed by atoms with van der Waals surface area (Å²) in [5, 5.41) is 47.4. The van der Waals surface area contributed by atoms with E-state index in [9.17, 15) is 39.5 Å². The Balaban J connectivity index is 0.000000125. The van der Waals surface area contributed by atoms with Crippen molar-refractivity contribution in [3.05, 3.63) is 263 Å². The van der Waals surface area contributed by atoms with Crippen LogP contribution in [0.5, 0.6) is 0 Å². The predicted octanol–water partition coefficient (Wildman–Crippen LogP) is 15.0. The molecule has 25 nitrogen and oxygen atoms in total. The van der Waals surface area contributed by atoms with E-state index in [1.165, 1.54) is 68.3 Å². The summed E-state index contributed by atoms with van der Waals surface area (Å²) < 4.78 is 156. The monoisotopic (exact) mass is 1450 g/mol. The van der Waals surface area contributed by atoms with Gasteiger partial charge in [-0.25, -0.2) is 58.2 Å². The van der Waals surface area contributed by atoms with Gasteiger partial charge in [-0.2, -0.15) is 19.9 Å². The van der Waals surface area contributed by atoms with Crippen molar-refractivity contribution in [2.24, 2.45) is 0 Å². The van der Waals surface area contributed by atoms with Crippen molar-refractivity contribution < 1.29 is 62.3 Å². The van der Waals surface area contributed by atoms with Crippen LogP contribution in [-0.4, -0.2) is 108 Å². The third-order valence-corrected chi connectivity index (χ3v) is 15.7. The summed E-state index contributed by atoms with van der Waals surface area (Å²) >= 11 is 0. The summed E-state index contributed by atoms with van der Waals surface area (Å²) in [6.45, 7) is 5.68. The lowest BCUT2D eigenvalue weighted by Gasteiger charge is -2.06. The van der Waals surface area contributed by atoms with E-state index in [4.69, 9.17) is 22.8 Å². The van der Waals surface area contributed by atoms with E-state index in [0.717, 1.165) is 35.9 Å². The van der Waals surface area contributed by atoms with Crippen LogP contribution in [0.4, 0.5) is 39.5 Å². The average Bonchev–Trinajstić information content (AvgIpc) is 1.65. The molecule has 0 atom stereocenters. The summed E-state index contributed by atoms with van der Waals surface area (Å²) in [7, 11) is 1.45. The molecule has 34 heteroatoms. The molecule has 0 saturated heterocycles. The standard InChI is InChI=1S/C18H12F3N5O2.C18H12F3N5O.C18H13F2N5O.C18H14FN5O/c1-27-9-15-16(23-25-26(15)14-5-3-2-4-12(14)20)18-22-17(24-28-18)11-7-6-10(19)8-13(11)21;1-2-14-16(23-25-26(14)15-6-4-3-5-13(15)21)18-22-17(24-27-18)11-9-10(19)7-8-12(11)20;1-2-14-16(22-24-25(14)15-10-6-5-9-13(15)20)18-21-17(23-26-18)11-7-3-4-8-12(11)19;1-2-14-16(21-23-24(14)15-11-7-6-10-13(15)19)18-20-17(22-25-18)12-8-4-3-5-9-12/h2-8H,9H2,1H3;3-9H,2H2,1H3;3-10H,2H2,1H3;3-11H,2H2,1H3. The maximum absolute atomic E-state index is 14.2. The van der Waals surface area contributed by atoms with Gasteiger partial charge in [0, 0.05) is 18.7 Å². The van der Waals surface area contributed by atoms with Gasteiger partial charge in [0.25, 0.3) is 23.6 Å². The van der Waals surface area contributed by atoms with Crippen molar-refractivity contribution >= 4 is 0 Å². The van der Waals surface area contributed by atoms with Gasteiger partial charge in [-0.15, -0.1) is 20.4 Å². The Labute approximate surface area is 592 Å². The number of nitrogens with zero attached hydrogens (tertiary/aromatic N) is 20. The molecule has 0 spiro atoms. The number of halogens is 9. The average molecular weight is 1450 g/mol. The summed E-state index contributed by atoms with van der Waals surface area (Å²) in [4.78, 5) is 16.8. The number of hydrogen-bond acceptors (Lipinski definition) is 21. The molecule has 8 aromatic carbocycles. The topological polar surface area (TPSA) is 288 Å². The lowest BCUT2D eigenvalue weighted by molar-refractivity contribution is 0.179. The first-order chi connectivity index (χ1) is 51.6. The van der Waals surface area contributed by atoms with Gasteiger partial charge in [-0.3, -0.25) is 0 Å². The number of methoxy groups -OCH3 is 1. The fraction of sp³-hybridized carbons (Fsp3) is 0.111. The maximum atomic E-state index is 14.2. The second kappa shape index (κ2) is 31.6. The molecule has 16 rings (SSSR count). The fourth-order valence-corrected chi connectivity index (χ4v) is 10.7. The Hall–Kier alpha value is -13.8. The van der Waals surface area contributed by atoms with Crippen molar-refractivity contribution in [2.75, 3.05) is 7.11 Å². The zero-order valence-electron chi connectivity index (χ0n) is 55.6. The fourth-order valence-electron chi connectivity index (χ4n) is 10.7. The Morgan fingerprint density at radius 1 is 0.311 bits per heavy atom. The highest BCUT2D eigenvalue weighted by molar-refractivity contribution is 5.64. The minimum absolute atomic E-state index is 0.0203. The second-order valence-electron chi connectivity index (χ2n) is 22.3. The molecule has 8 aromatic heterocycles. The first-order valence-electron chi connectivity index (χ1n) is 32.0. The highest BCUT2D eigenvalue weighted by Gasteiger charge is 2.28. The van der Waals surface area contributed by atoms with Gasteiger partial charge in [0.05, 0.1) is 40.4 Å². The lowest BCUT2D eigenvalue weighted by atomic mass is 10.2. The van der Waals surface area contributed by atoms with E-state index in [1.54, 1.807) is 84.9 Å². The summed E-state index contributed by atoms with van der Waals surface area (Å²) in [6.07, 6.45) is 1.54. The number of rotatable bonds is 17. The maximum Gasteiger partial charge on any atom is 0.280 e. The van der Waals surface area contributed by atoms with Crippen LogP contribution in [0.3, 0.4) is 0 Å². The van der Waals surface area contributed by atoms with Gasteiger partial charge < -0.3 is 22.8 Å². The molecule has 8 heterocycles. The molecule has 0 saturated carbocycles. The van der Waals surface area contributed by atoms with Crippen LogP contribution in [0, 0.1) is 52.4 Å². The molecular formula is C72H51F9N20O5. The van der Waals surface area contributed by atoms with E-state index in [-0.39, 0.29) is 98.6 Å². The lowest BCUT2D eigenvalue weighted by Crippen LogP contribution is -2.06. The molecule has 0 fully saturated rings. The molecule has 0 radical (unpaired) electrons. The molecule has 0 aliphatic carbocycles. The molecular weight excluding hydrogens is 1400 g/mol. The van der Waals surface area contributed by atoms with Gasteiger partial charge >= 0.3 is 0 Å². The third kappa shape index (κ3) is 14.8. The van der Waals surface area contributed by atoms with Crippen molar-refractivity contribution in [3.8, 4) is 115 Å². The predicted molar refractivity (Wildman–Crippen MR) is 359 cm³/mol.